The van der Waals surface area contributed by atoms with Crippen LogP contribution in [0.4, 0.5) is 10.1 Å². The number of rotatable bonds is 2. The number of para-hydroxylation sites is 1. The molecule has 2 nitrogen and oxygen atoms in total. The summed E-state index contributed by atoms with van der Waals surface area (Å²) in [7, 11) is 0. The summed E-state index contributed by atoms with van der Waals surface area (Å²) in [5.74, 6) is 0.359. The minimum atomic E-state index is -0.352. The van der Waals surface area contributed by atoms with E-state index in [0.29, 0.717) is 17.0 Å². The summed E-state index contributed by atoms with van der Waals surface area (Å²) in [5, 5.41) is 0. The highest BCUT2D eigenvalue weighted by molar-refractivity contribution is 5.57. The monoisotopic (exact) mass is 231 g/mol. The molecule has 0 aliphatic carbocycles. The van der Waals surface area contributed by atoms with Gasteiger partial charge in [0.25, 0.3) is 0 Å². The highest BCUT2D eigenvalue weighted by Gasteiger charge is 2.10. The van der Waals surface area contributed by atoms with Gasteiger partial charge in [0.1, 0.15) is 0 Å². The lowest BCUT2D eigenvalue weighted by Crippen LogP contribution is -1.96. The van der Waals surface area contributed by atoms with Gasteiger partial charge in [-0.15, -0.1) is 0 Å². The van der Waals surface area contributed by atoms with E-state index in [9.17, 15) is 4.39 Å². The van der Waals surface area contributed by atoms with Gasteiger partial charge >= 0.3 is 0 Å². The molecule has 0 spiro atoms. The molecule has 3 heteroatoms. The summed E-state index contributed by atoms with van der Waals surface area (Å²) in [6.45, 7) is 3.57. The Balaban J connectivity index is 2.42. The molecular weight excluding hydrogens is 217 g/mol. The molecule has 2 N–H and O–H groups in total. The molecule has 88 valence electrons. The first-order valence-electron chi connectivity index (χ1n) is 5.37. The lowest BCUT2D eigenvalue weighted by molar-refractivity contribution is 0.439. The van der Waals surface area contributed by atoms with Crippen LogP contribution in [0, 0.1) is 19.7 Å². The molecule has 0 saturated carbocycles. The molecule has 0 amide bonds. The van der Waals surface area contributed by atoms with Gasteiger partial charge in [0.05, 0.1) is 5.69 Å². The Hall–Kier alpha value is -2.03. The van der Waals surface area contributed by atoms with Crippen molar-refractivity contribution >= 4 is 5.69 Å². The third-order valence-corrected chi connectivity index (χ3v) is 2.61. The second-order valence-electron chi connectivity index (χ2n) is 3.98. The van der Waals surface area contributed by atoms with Gasteiger partial charge in [-0.3, -0.25) is 0 Å². The summed E-state index contributed by atoms with van der Waals surface area (Å²) in [5.41, 5.74) is 7.75. The maximum Gasteiger partial charge on any atom is 0.168 e. The van der Waals surface area contributed by atoms with Gasteiger partial charge in [-0.05, 0) is 37.1 Å². The quantitative estimate of drug-likeness (QED) is 0.797. The molecule has 2 aromatic rings. The van der Waals surface area contributed by atoms with Crippen LogP contribution in [-0.2, 0) is 0 Å². The van der Waals surface area contributed by atoms with Crippen molar-refractivity contribution in [1.82, 2.24) is 0 Å². The third-order valence-electron chi connectivity index (χ3n) is 2.61. The Labute approximate surface area is 99.8 Å². The fraction of sp³-hybridized carbons (Fsp3) is 0.143. The second-order valence-corrected chi connectivity index (χ2v) is 3.98. The van der Waals surface area contributed by atoms with Crippen molar-refractivity contribution in [3.05, 3.63) is 53.3 Å². The van der Waals surface area contributed by atoms with Crippen molar-refractivity contribution in [1.29, 1.82) is 0 Å². The Morgan fingerprint density at radius 3 is 2.35 bits per heavy atom. The maximum atomic E-state index is 13.8. The van der Waals surface area contributed by atoms with Crippen LogP contribution in [0.2, 0.25) is 0 Å². The van der Waals surface area contributed by atoms with Crippen molar-refractivity contribution in [2.45, 2.75) is 13.8 Å². The summed E-state index contributed by atoms with van der Waals surface area (Å²) in [6.07, 6.45) is 0. The number of hydrogen-bond acceptors (Lipinski definition) is 2. The van der Waals surface area contributed by atoms with Crippen LogP contribution in [-0.4, -0.2) is 0 Å². The zero-order valence-corrected chi connectivity index (χ0v) is 9.83. The fourth-order valence-corrected chi connectivity index (χ4v) is 1.62. The van der Waals surface area contributed by atoms with E-state index in [0.717, 1.165) is 5.56 Å². The molecule has 0 aliphatic heterocycles. The fourth-order valence-electron chi connectivity index (χ4n) is 1.62. The van der Waals surface area contributed by atoms with Crippen LogP contribution in [0.25, 0.3) is 0 Å². The summed E-state index contributed by atoms with van der Waals surface area (Å²) in [4.78, 5) is 0. The molecule has 0 aliphatic rings. The number of halogens is 1. The predicted octanol–water partition coefficient (Wildman–Crippen LogP) is 3.82. The average molecular weight is 231 g/mol. The number of anilines is 1. The van der Waals surface area contributed by atoms with Crippen LogP contribution in [0.15, 0.2) is 36.4 Å². The standard InChI is InChI=1S/C14H14FNO/c1-9-5-4-8-12(13(9)15)17-14-10(2)6-3-7-11(14)16/h3-8H,16H2,1-2H3. The molecule has 0 atom stereocenters. The van der Waals surface area contributed by atoms with E-state index >= 15 is 0 Å². The first-order valence-corrected chi connectivity index (χ1v) is 5.37. The predicted molar refractivity (Wildman–Crippen MR) is 66.8 cm³/mol. The molecule has 0 unspecified atom stereocenters. The Morgan fingerprint density at radius 2 is 1.65 bits per heavy atom. The van der Waals surface area contributed by atoms with Crippen LogP contribution in [0.3, 0.4) is 0 Å². The van der Waals surface area contributed by atoms with Crippen molar-refractivity contribution in [3.8, 4) is 11.5 Å². The van der Waals surface area contributed by atoms with Gasteiger partial charge in [0.2, 0.25) is 0 Å². The van der Waals surface area contributed by atoms with Gasteiger partial charge in [-0.25, -0.2) is 4.39 Å². The second kappa shape index (κ2) is 4.45. The van der Waals surface area contributed by atoms with Crippen molar-refractivity contribution in [2.75, 3.05) is 5.73 Å². The van der Waals surface area contributed by atoms with Gasteiger partial charge < -0.3 is 10.5 Å². The summed E-state index contributed by atoms with van der Waals surface area (Å²) in [6, 6.07) is 10.5. The molecule has 0 saturated heterocycles. The van der Waals surface area contributed by atoms with E-state index in [1.54, 1.807) is 31.2 Å². The van der Waals surface area contributed by atoms with E-state index in [1.807, 2.05) is 19.1 Å². The SMILES string of the molecule is Cc1cccc(Oc2c(C)cccc2N)c1F. The molecule has 0 fully saturated rings. The van der Waals surface area contributed by atoms with Crippen molar-refractivity contribution < 1.29 is 9.13 Å². The number of hydrogen-bond donors (Lipinski definition) is 1. The molecule has 2 rings (SSSR count). The van der Waals surface area contributed by atoms with Gasteiger partial charge in [-0.1, -0.05) is 24.3 Å². The van der Waals surface area contributed by atoms with E-state index in [4.69, 9.17) is 10.5 Å². The lowest BCUT2D eigenvalue weighted by atomic mass is 10.2. The van der Waals surface area contributed by atoms with Crippen LogP contribution in [0.5, 0.6) is 11.5 Å². The minimum Gasteiger partial charge on any atom is -0.452 e. The number of aryl methyl sites for hydroxylation is 2. The Bertz CT molecular complexity index is 532. The van der Waals surface area contributed by atoms with Gasteiger partial charge in [-0.2, -0.15) is 0 Å². The van der Waals surface area contributed by atoms with Crippen molar-refractivity contribution in [2.24, 2.45) is 0 Å². The number of nitrogen functional groups attached to an aromatic ring is 1. The number of benzene rings is 2. The highest BCUT2D eigenvalue weighted by atomic mass is 19.1. The maximum absolute atomic E-state index is 13.8. The van der Waals surface area contributed by atoms with Crippen molar-refractivity contribution in [3.63, 3.8) is 0 Å². The number of ether oxygens (including phenoxy) is 1. The highest BCUT2D eigenvalue weighted by Crippen LogP contribution is 2.32. The lowest BCUT2D eigenvalue weighted by Gasteiger charge is -2.12. The number of nitrogens with two attached hydrogens (primary N) is 1. The summed E-state index contributed by atoms with van der Waals surface area (Å²) >= 11 is 0. The zero-order chi connectivity index (χ0) is 12.4. The van der Waals surface area contributed by atoms with Crippen LogP contribution >= 0.6 is 0 Å². The van der Waals surface area contributed by atoms with Crippen LogP contribution < -0.4 is 10.5 Å². The Morgan fingerprint density at radius 1 is 1.00 bits per heavy atom. The van der Waals surface area contributed by atoms with Gasteiger partial charge in [0.15, 0.2) is 17.3 Å². The average Bonchev–Trinajstić information content (AvgIpc) is 2.29. The minimum absolute atomic E-state index is 0.200. The molecule has 0 bridgehead atoms. The molecular formula is C14H14FNO. The Kier molecular flexibility index (Phi) is 3.00. The molecule has 0 heterocycles. The molecule has 0 radical (unpaired) electrons. The third kappa shape index (κ3) is 2.23. The molecule has 0 aromatic heterocycles. The van der Waals surface area contributed by atoms with E-state index in [-0.39, 0.29) is 11.6 Å². The first-order chi connectivity index (χ1) is 8.09. The molecule has 2 aromatic carbocycles. The van der Waals surface area contributed by atoms with E-state index in [1.165, 1.54) is 0 Å². The van der Waals surface area contributed by atoms with Gasteiger partial charge in [0, 0.05) is 0 Å². The smallest absolute Gasteiger partial charge is 0.168 e. The molecule has 17 heavy (non-hydrogen) atoms. The van der Waals surface area contributed by atoms with E-state index in [2.05, 4.69) is 0 Å². The topological polar surface area (TPSA) is 35.2 Å². The zero-order valence-electron chi connectivity index (χ0n) is 9.83. The largest absolute Gasteiger partial charge is 0.452 e. The normalized spacial score (nSPS) is 10.3. The summed E-state index contributed by atoms with van der Waals surface area (Å²) < 4.78 is 19.3. The van der Waals surface area contributed by atoms with E-state index < -0.39 is 0 Å². The van der Waals surface area contributed by atoms with Crippen LogP contribution in [0.1, 0.15) is 11.1 Å². The first kappa shape index (κ1) is 11.5.